The van der Waals surface area contributed by atoms with Gasteiger partial charge in [-0.25, -0.2) is 0 Å². The first-order valence-corrected chi connectivity index (χ1v) is 6.87. The summed E-state index contributed by atoms with van der Waals surface area (Å²) in [6.07, 6.45) is 8.85. The molecule has 0 unspecified atom stereocenters. The lowest BCUT2D eigenvalue weighted by atomic mass is 10.00. The Balaban J connectivity index is 2.45. The molecule has 1 aliphatic heterocycles. The van der Waals surface area contributed by atoms with Crippen LogP contribution < -0.4 is 5.32 Å². The second kappa shape index (κ2) is 6.25. The molecule has 0 spiro atoms. The molecule has 1 aliphatic rings. The molecule has 0 aromatic heterocycles. The first-order valence-electron chi connectivity index (χ1n) is 6.87. The molecular formula is C19H21N. The van der Waals surface area contributed by atoms with E-state index in [0.29, 0.717) is 0 Å². The van der Waals surface area contributed by atoms with E-state index in [1.807, 2.05) is 19.1 Å². The standard InChI is InChI=1S/C19H21N/c1-5-8-17(16-11-9-14(4)10-12-16)19-13-15(6-2)18(7-3)20-19/h5-12,20H,2-3,13H2,1,4H3/b8-5-,19-17-. The topological polar surface area (TPSA) is 12.0 Å². The fraction of sp³-hybridized carbons (Fsp3) is 0.158. The van der Waals surface area contributed by atoms with Gasteiger partial charge in [-0.1, -0.05) is 61.2 Å². The Morgan fingerprint density at radius 1 is 1.15 bits per heavy atom. The summed E-state index contributed by atoms with van der Waals surface area (Å²) in [6, 6.07) is 8.62. The fourth-order valence-electron chi connectivity index (χ4n) is 2.37. The molecule has 1 heteroatoms. The summed E-state index contributed by atoms with van der Waals surface area (Å²) in [5, 5.41) is 3.46. The highest BCUT2D eigenvalue weighted by Crippen LogP contribution is 2.30. The van der Waals surface area contributed by atoms with E-state index in [1.165, 1.54) is 28.0 Å². The molecule has 1 aromatic carbocycles. The number of hydrogen-bond donors (Lipinski definition) is 1. The van der Waals surface area contributed by atoms with Crippen LogP contribution in [0.3, 0.4) is 0 Å². The molecule has 0 bridgehead atoms. The molecule has 0 saturated carbocycles. The minimum absolute atomic E-state index is 0.873. The highest BCUT2D eigenvalue weighted by atomic mass is 14.9. The van der Waals surface area contributed by atoms with Gasteiger partial charge < -0.3 is 5.32 Å². The van der Waals surface area contributed by atoms with Gasteiger partial charge in [0.25, 0.3) is 0 Å². The van der Waals surface area contributed by atoms with Crippen molar-refractivity contribution in [3.8, 4) is 0 Å². The van der Waals surface area contributed by atoms with Crippen molar-refractivity contribution in [2.24, 2.45) is 0 Å². The van der Waals surface area contributed by atoms with Gasteiger partial charge in [0.05, 0.1) is 0 Å². The lowest BCUT2D eigenvalue weighted by Crippen LogP contribution is -2.06. The van der Waals surface area contributed by atoms with E-state index >= 15 is 0 Å². The molecular weight excluding hydrogens is 242 g/mol. The van der Waals surface area contributed by atoms with Gasteiger partial charge in [0.1, 0.15) is 0 Å². The van der Waals surface area contributed by atoms with Gasteiger partial charge in [-0.3, -0.25) is 0 Å². The molecule has 0 saturated heterocycles. The molecule has 1 nitrogen and oxygen atoms in total. The monoisotopic (exact) mass is 263 g/mol. The van der Waals surface area contributed by atoms with Gasteiger partial charge in [0.15, 0.2) is 0 Å². The van der Waals surface area contributed by atoms with Crippen molar-refractivity contribution < 1.29 is 0 Å². The molecule has 0 aliphatic carbocycles. The third-order valence-corrected chi connectivity index (χ3v) is 3.47. The fourth-order valence-corrected chi connectivity index (χ4v) is 2.37. The number of hydrogen-bond acceptors (Lipinski definition) is 1. The largest absolute Gasteiger partial charge is 0.358 e. The average Bonchev–Trinajstić information content (AvgIpc) is 2.89. The summed E-state index contributed by atoms with van der Waals surface area (Å²) in [4.78, 5) is 0. The lowest BCUT2D eigenvalue weighted by molar-refractivity contribution is 1.04. The molecule has 1 aromatic rings. The van der Waals surface area contributed by atoms with E-state index in [-0.39, 0.29) is 0 Å². The van der Waals surface area contributed by atoms with Crippen molar-refractivity contribution >= 4 is 5.57 Å². The highest BCUT2D eigenvalue weighted by Gasteiger charge is 2.17. The van der Waals surface area contributed by atoms with Crippen molar-refractivity contribution in [2.45, 2.75) is 20.3 Å². The zero-order valence-electron chi connectivity index (χ0n) is 12.2. The van der Waals surface area contributed by atoms with Crippen LogP contribution in [0.15, 0.2) is 78.7 Å². The van der Waals surface area contributed by atoms with Crippen LogP contribution in [0.5, 0.6) is 0 Å². The van der Waals surface area contributed by atoms with Crippen LogP contribution in [-0.4, -0.2) is 0 Å². The van der Waals surface area contributed by atoms with E-state index in [0.717, 1.165) is 12.1 Å². The Morgan fingerprint density at radius 2 is 1.85 bits per heavy atom. The van der Waals surface area contributed by atoms with E-state index in [2.05, 4.69) is 61.8 Å². The van der Waals surface area contributed by atoms with E-state index in [4.69, 9.17) is 0 Å². The summed E-state index contributed by atoms with van der Waals surface area (Å²) in [7, 11) is 0. The number of aryl methyl sites for hydroxylation is 1. The van der Waals surface area contributed by atoms with Gasteiger partial charge in [0.2, 0.25) is 0 Å². The Labute approximate surface area is 121 Å². The summed E-state index contributed by atoms with van der Waals surface area (Å²) in [5.41, 5.74) is 7.19. The molecule has 2 rings (SSSR count). The molecule has 102 valence electrons. The summed E-state index contributed by atoms with van der Waals surface area (Å²) < 4.78 is 0. The van der Waals surface area contributed by atoms with Crippen LogP contribution in [0.1, 0.15) is 24.5 Å². The molecule has 0 atom stereocenters. The average molecular weight is 263 g/mol. The van der Waals surface area contributed by atoms with Crippen LogP contribution in [0, 0.1) is 6.92 Å². The second-order valence-electron chi connectivity index (χ2n) is 4.91. The van der Waals surface area contributed by atoms with E-state index in [1.54, 1.807) is 0 Å². The Kier molecular flexibility index (Phi) is 4.41. The zero-order valence-corrected chi connectivity index (χ0v) is 12.2. The third-order valence-electron chi connectivity index (χ3n) is 3.47. The summed E-state index contributed by atoms with van der Waals surface area (Å²) in [6.45, 7) is 11.9. The second-order valence-corrected chi connectivity index (χ2v) is 4.91. The molecule has 0 radical (unpaired) electrons. The van der Waals surface area contributed by atoms with Crippen LogP contribution >= 0.6 is 0 Å². The van der Waals surface area contributed by atoms with Gasteiger partial charge in [0, 0.05) is 23.4 Å². The van der Waals surface area contributed by atoms with Crippen molar-refractivity contribution in [1.82, 2.24) is 5.32 Å². The molecule has 20 heavy (non-hydrogen) atoms. The number of nitrogens with one attached hydrogen (secondary N) is 1. The van der Waals surface area contributed by atoms with Crippen LogP contribution in [0.2, 0.25) is 0 Å². The predicted molar refractivity (Wildman–Crippen MR) is 88.1 cm³/mol. The molecule has 1 N–H and O–H groups in total. The van der Waals surface area contributed by atoms with Crippen molar-refractivity contribution in [3.05, 3.63) is 89.8 Å². The van der Waals surface area contributed by atoms with Crippen molar-refractivity contribution in [3.63, 3.8) is 0 Å². The summed E-state index contributed by atoms with van der Waals surface area (Å²) in [5.74, 6) is 0. The first kappa shape index (κ1) is 14.1. The zero-order chi connectivity index (χ0) is 14.5. The van der Waals surface area contributed by atoms with E-state index in [9.17, 15) is 0 Å². The number of allylic oxidation sites excluding steroid dienone is 6. The van der Waals surface area contributed by atoms with Gasteiger partial charge in [-0.05, 0) is 31.1 Å². The quantitative estimate of drug-likeness (QED) is 0.814. The Bertz CT molecular complexity index is 588. The molecule has 0 fully saturated rings. The first-order chi connectivity index (χ1) is 9.69. The lowest BCUT2D eigenvalue weighted by Gasteiger charge is -2.10. The maximum absolute atomic E-state index is 3.88. The minimum atomic E-state index is 0.873. The Morgan fingerprint density at radius 3 is 2.35 bits per heavy atom. The molecule has 0 amide bonds. The maximum Gasteiger partial charge on any atom is 0.0412 e. The summed E-state index contributed by atoms with van der Waals surface area (Å²) >= 11 is 0. The third kappa shape index (κ3) is 2.83. The highest BCUT2D eigenvalue weighted by molar-refractivity contribution is 5.78. The SMILES string of the molecule is C=CC1=C(C=C)N/C(=C(/C=C\C)c2ccc(C)cc2)C1. The normalized spacial score (nSPS) is 17.3. The van der Waals surface area contributed by atoms with Gasteiger partial charge in [-0.2, -0.15) is 0 Å². The van der Waals surface area contributed by atoms with E-state index < -0.39 is 0 Å². The smallest absolute Gasteiger partial charge is 0.0412 e. The maximum atomic E-state index is 3.88. The number of benzene rings is 1. The van der Waals surface area contributed by atoms with Crippen molar-refractivity contribution in [2.75, 3.05) is 0 Å². The van der Waals surface area contributed by atoms with Crippen LogP contribution in [0.4, 0.5) is 0 Å². The Hall–Kier alpha value is -2.28. The van der Waals surface area contributed by atoms with Gasteiger partial charge in [-0.15, -0.1) is 0 Å². The molecule has 1 heterocycles. The predicted octanol–water partition coefficient (Wildman–Crippen LogP) is 4.90. The van der Waals surface area contributed by atoms with Gasteiger partial charge >= 0.3 is 0 Å². The minimum Gasteiger partial charge on any atom is -0.358 e. The van der Waals surface area contributed by atoms with Crippen molar-refractivity contribution in [1.29, 1.82) is 0 Å². The van der Waals surface area contributed by atoms with Crippen LogP contribution in [-0.2, 0) is 0 Å². The van der Waals surface area contributed by atoms with Crippen LogP contribution in [0.25, 0.3) is 5.57 Å². The number of rotatable bonds is 4.